The molecule has 6 heteroatoms. The number of methoxy groups -OCH3 is 6. The summed E-state index contributed by atoms with van der Waals surface area (Å²) in [5.74, 6) is -1.74. The van der Waals surface area contributed by atoms with Crippen molar-refractivity contribution in [2.24, 2.45) is 0 Å². The zero-order valence-corrected chi connectivity index (χ0v) is 26.9. The van der Waals surface area contributed by atoms with Gasteiger partial charge in [0.15, 0.2) is 0 Å². The summed E-state index contributed by atoms with van der Waals surface area (Å²) in [6.07, 6.45) is 24.3. The van der Waals surface area contributed by atoms with Crippen molar-refractivity contribution < 1.29 is 28.4 Å². The highest BCUT2D eigenvalue weighted by molar-refractivity contribution is 5.27. The molecule has 0 aliphatic heterocycles. The molecule has 0 aliphatic rings. The average Bonchev–Trinajstić information content (AvgIpc) is 3.00. The lowest BCUT2D eigenvalue weighted by atomic mass is 9.96. The van der Waals surface area contributed by atoms with Crippen LogP contribution in [0.4, 0.5) is 0 Å². The Morgan fingerprint density at radius 2 is 0.625 bits per heavy atom. The van der Waals surface area contributed by atoms with Crippen molar-refractivity contribution in [3.05, 3.63) is 35.4 Å². The summed E-state index contributed by atoms with van der Waals surface area (Å²) in [5, 5.41) is 0. The Balaban J connectivity index is 2.06. The fourth-order valence-electron chi connectivity index (χ4n) is 5.59. The minimum Gasteiger partial charge on any atom is -0.331 e. The van der Waals surface area contributed by atoms with Gasteiger partial charge in [0, 0.05) is 55.5 Å². The number of hydrogen-bond acceptors (Lipinski definition) is 6. The van der Waals surface area contributed by atoms with Gasteiger partial charge in [-0.05, 0) is 49.7 Å². The first kappa shape index (κ1) is 37.0. The van der Waals surface area contributed by atoms with Gasteiger partial charge in [-0.3, -0.25) is 0 Å². The second-order valence-electron chi connectivity index (χ2n) is 11.0. The maximum atomic E-state index is 5.37. The lowest BCUT2D eigenvalue weighted by Crippen LogP contribution is -2.35. The van der Waals surface area contributed by atoms with Crippen LogP contribution >= 0.6 is 0 Å². The highest BCUT2D eigenvalue weighted by atomic mass is 16.9. The van der Waals surface area contributed by atoms with Crippen LogP contribution in [0.1, 0.15) is 127 Å². The van der Waals surface area contributed by atoms with E-state index in [2.05, 4.69) is 24.3 Å². The van der Waals surface area contributed by atoms with Crippen LogP contribution in [0, 0.1) is 0 Å². The van der Waals surface area contributed by atoms with E-state index in [1.807, 2.05) is 0 Å². The maximum Gasteiger partial charge on any atom is 0.282 e. The van der Waals surface area contributed by atoms with Crippen LogP contribution in [0.3, 0.4) is 0 Å². The minimum absolute atomic E-state index is 0.775. The molecule has 1 aromatic carbocycles. The summed E-state index contributed by atoms with van der Waals surface area (Å²) >= 11 is 0. The first-order chi connectivity index (χ1) is 19.5. The van der Waals surface area contributed by atoms with E-state index < -0.39 is 11.9 Å². The van der Waals surface area contributed by atoms with Crippen LogP contribution < -0.4 is 0 Å². The second kappa shape index (κ2) is 23.5. The molecule has 0 aliphatic carbocycles. The van der Waals surface area contributed by atoms with Gasteiger partial charge in [-0.15, -0.1) is 0 Å². The van der Waals surface area contributed by atoms with Gasteiger partial charge in [0.05, 0.1) is 0 Å². The van der Waals surface area contributed by atoms with Crippen LogP contribution in [0.2, 0.25) is 0 Å². The molecule has 0 amide bonds. The Hall–Kier alpha value is -1.02. The van der Waals surface area contributed by atoms with Gasteiger partial charge in [0.1, 0.15) is 0 Å². The average molecular weight is 567 g/mol. The van der Waals surface area contributed by atoms with Crippen molar-refractivity contribution in [2.45, 2.75) is 140 Å². The number of ether oxygens (including phenoxy) is 6. The Bertz CT molecular complexity index is 626. The molecule has 1 aromatic rings. The minimum atomic E-state index is -0.870. The van der Waals surface area contributed by atoms with Gasteiger partial charge in [0.25, 0.3) is 11.9 Å². The number of unbranched alkanes of at least 4 members (excludes halogenated alkanes) is 14. The number of benzene rings is 1. The molecule has 0 fully saturated rings. The first-order valence-electron chi connectivity index (χ1n) is 15.9. The zero-order valence-electron chi connectivity index (χ0n) is 26.9. The van der Waals surface area contributed by atoms with Crippen molar-refractivity contribution in [1.29, 1.82) is 0 Å². The topological polar surface area (TPSA) is 55.4 Å². The number of hydrogen-bond donors (Lipinski definition) is 0. The molecule has 0 atom stereocenters. The van der Waals surface area contributed by atoms with E-state index in [4.69, 9.17) is 28.4 Å². The second-order valence-corrected chi connectivity index (χ2v) is 11.0. The largest absolute Gasteiger partial charge is 0.331 e. The molecule has 0 saturated carbocycles. The Morgan fingerprint density at radius 3 is 0.900 bits per heavy atom. The normalized spacial score (nSPS) is 12.3. The third kappa shape index (κ3) is 15.3. The SMILES string of the molecule is COC(CCCCCCCCCCc1ccccc1CCCCCCCCCCC(OC)(OC)OC)(OC)OC. The Morgan fingerprint density at radius 1 is 0.375 bits per heavy atom. The van der Waals surface area contributed by atoms with Gasteiger partial charge in [-0.1, -0.05) is 101 Å². The third-order valence-electron chi connectivity index (χ3n) is 8.34. The van der Waals surface area contributed by atoms with Crippen LogP contribution in [0.25, 0.3) is 0 Å². The van der Waals surface area contributed by atoms with Crippen LogP contribution in [0.5, 0.6) is 0 Å². The molecule has 0 radical (unpaired) electrons. The fraction of sp³-hybridized carbons (Fsp3) is 0.824. The highest BCUT2D eigenvalue weighted by Crippen LogP contribution is 2.23. The Labute approximate surface area is 246 Å². The maximum absolute atomic E-state index is 5.37. The third-order valence-corrected chi connectivity index (χ3v) is 8.34. The zero-order chi connectivity index (χ0) is 29.4. The summed E-state index contributed by atoms with van der Waals surface area (Å²) in [6.45, 7) is 0. The lowest BCUT2D eigenvalue weighted by Gasteiger charge is -2.28. The molecule has 234 valence electrons. The van der Waals surface area contributed by atoms with E-state index in [1.165, 1.54) is 103 Å². The predicted molar refractivity (Wildman–Crippen MR) is 164 cm³/mol. The van der Waals surface area contributed by atoms with E-state index in [0.29, 0.717) is 0 Å². The molecule has 0 spiro atoms. The summed E-state index contributed by atoms with van der Waals surface area (Å²) in [4.78, 5) is 0. The fourth-order valence-corrected chi connectivity index (χ4v) is 5.59. The van der Waals surface area contributed by atoms with Crippen molar-refractivity contribution >= 4 is 0 Å². The molecule has 0 saturated heterocycles. The van der Waals surface area contributed by atoms with Crippen LogP contribution in [-0.4, -0.2) is 54.6 Å². The van der Waals surface area contributed by atoms with Crippen molar-refractivity contribution in [3.63, 3.8) is 0 Å². The van der Waals surface area contributed by atoms with Crippen molar-refractivity contribution in [2.75, 3.05) is 42.7 Å². The number of aryl methyl sites for hydroxylation is 2. The van der Waals surface area contributed by atoms with E-state index in [0.717, 1.165) is 25.7 Å². The smallest absolute Gasteiger partial charge is 0.282 e. The van der Waals surface area contributed by atoms with Gasteiger partial charge < -0.3 is 28.4 Å². The van der Waals surface area contributed by atoms with Crippen LogP contribution in [0.15, 0.2) is 24.3 Å². The molecular weight excluding hydrogens is 504 g/mol. The molecule has 0 N–H and O–H groups in total. The van der Waals surface area contributed by atoms with E-state index in [1.54, 1.807) is 53.8 Å². The monoisotopic (exact) mass is 566 g/mol. The molecule has 1 rings (SSSR count). The quantitative estimate of drug-likeness (QED) is 0.0745. The predicted octanol–water partition coefficient (Wildman–Crippen LogP) is 8.98. The lowest BCUT2D eigenvalue weighted by molar-refractivity contribution is -0.355. The van der Waals surface area contributed by atoms with E-state index >= 15 is 0 Å². The summed E-state index contributed by atoms with van der Waals surface area (Å²) in [5.41, 5.74) is 3.14. The van der Waals surface area contributed by atoms with Gasteiger partial charge in [-0.25, -0.2) is 0 Å². The molecule has 40 heavy (non-hydrogen) atoms. The highest BCUT2D eigenvalue weighted by Gasteiger charge is 2.29. The van der Waals surface area contributed by atoms with E-state index in [-0.39, 0.29) is 0 Å². The van der Waals surface area contributed by atoms with Gasteiger partial charge in [-0.2, -0.15) is 0 Å². The molecule has 6 nitrogen and oxygen atoms in total. The Kier molecular flexibility index (Phi) is 21.8. The number of rotatable bonds is 28. The summed E-state index contributed by atoms with van der Waals surface area (Å²) in [7, 11) is 9.82. The first-order valence-corrected chi connectivity index (χ1v) is 15.9. The van der Waals surface area contributed by atoms with Gasteiger partial charge in [0.2, 0.25) is 0 Å². The molecule has 0 aromatic heterocycles. The van der Waals surface area contributed by atoms with Crippen molar-refractivity contribution in [3.8, 4) is 0 Å². The summed E-state index contributed by atoms with van der Waals surface area (Å²) < 4.78 is 32.2. The molecule has 0 bridgehead atoms. The molecular formula is C34H62O6. The summed E-state index contributed by atoms with van der Waals surface area (Å²) in [6, 6.07) is 9.11. The standard InChI is InChI=1S/C34H62O6/c1-35-33(36-2,37-3)29-23-17-13-9-7-11-15-19-25-31-27-21-22-28-32(31)26-20-16-12-8-10-14-18-24-30-34(38-4,39-5)40-6/h21-22,27-28H,7-20,23-26,29-30H2,1-6H3. The molecule has 0 unspecified atom stereocenters. The molecule has 0 heterocycles. The van der Waals surface area contributed by atoms with Gasteiger partial charge >= 0.3 is 0 Å². The van der Waals surface area contributed by atoms with Crippen LogP contribution in [-0.2, 0) is 41.3 Å². The van der Waals surface area contributed by atoms with Crippen molar-refractivity contribution in [1.82, 2.24) is 0 Å². The van der Waals surface area contributed by atoms with E-state index in [9.17, 15) is 0 Å².